The van der Waals surface area contributed by atoms with Crippen molar-refractivity contribution < 1.29 is 13.9 Å². The molecule has 0 aliphatic rings. The van der Waals surface area contributed by atoms with Crippen LogP contribution < -0.4 is 10.1 Å². The minimum absolute atomic E-state index is 0.260. The van der Waals surface area contributed by atoms with Crippen LogP contribution in [0.3, 0.4) is 0 Å². The number of hydrogen-bond donors (Lipinski definition) is 1. The van der Waals surface area contributed by atoms with E-state index in [1.807, 2.05) is 31.2 Å². The summed E-state index contributed by atoms with van der Waals surface area (Å²) in [6.45, 7) is 5.13. The molecule has 0 spiro atoms. The van der Waals surface area contributed by atoms with Gasteiger partial charge in [0.25, 0.3) is 5.91 Å². The van der Waals surface area contributed by atoms with E-state index in [-0.39, 0.29) is 11.7 Å². The van der Waals surface area contributed by atoms with E-state index in [1.165, 1.54) is 17.7 Å². The number of nitrogens with one attached hydrogen (secondary N) is 1. The van der Waals surface area contributed by atoms with Crippen LogP contribution in [-0.2, 0) is 6.54 Å². The second-order valence-corrected chi connectivity index (χ2v) is 7.16. The van der Waals surface area contributed by atoms with Crippen LogP contribution in [0, 0.1) is 19.7 Å². The van der Waals surface area contributed by atoms with Gasteiger partial charge in [-0.1, -0.05) is 41.4 Å². The molecule has 1 aromatic heterocycles. The predicted molar refractivity (Wildman–Crippen MR) is 111 cm³/mol. The molecule has 2 aromatic carbocycles. The first-order valence-corrected chi connectivity index (χ1v) is 9.77. The molecule has 0 saturated heterocycles. The van der Waals surface area contributed by atoms with Crippen molar-refractivity contribution in [1.82, 2.24) is 15.1 Å². The molecule has 0 saturated carbocycles. The SMILES string of the molecule is Cc1ccc(Cn2nc(C)c(C(=O)NCCCOc3ccc(F)cc3)c2Cl)cc1. The third-order valence-corrected chi connectivity index (χ3v) is 4.82. The van der Waals surface area contributed by atoms with Crippen molar-refractivity contribution in [3.63, 3.8) is 0 Å². The number of aromatic nitrogens is 2. The Morgan fingerprint density at radius 3 is 2.52 bits per heavy atom. The van der Waals surface area contributed by atoms with Gasteiger partial charge < -0.3 is 10.1 Å². The van der Waals surface area contributed by atoms with Crippen LogP contribution in [-0.4, -0.2) is 28.8 Å². The molecule has 0 radical (unpaired) electrons. The molecule has 3 rings (SSSR count). The maximum atomic E-state index is 12.9. The first-order valence-electron chi connectivity index (χ1n) is 9.39. The highest BCUT2D eigenvalue weighted by molar-refractivity contribution is 6.33. The monoisotopic (exact) mass is 415 g/mol. The van der Waals surface area contributed by atoms with E-state index in [1.54, 1.807) is 23.7 Å². The van der Waals surface area contributed by atoms with Gasteiger partial charge in [0.1, 0.15) is 16.7 Å². The molecule has 152 valence electrons. The van der Waals surface area contributed by atoms with Gasteiger partial charge in [-0.25, -0.2) is 9.07 Å². The summed E-state index contributed by atoms with van der Waals surface area (Å²) in [7, 11) is 0. The van der Waals surface area contributed by atoms with Gasteiger partial charge in [0.2, 0.25) is 0 Å². The standard InChI is InChI=1S/C22H23ClFN3O2/c1-15-4-6-17(7-5-15)14-27-21(23)20(16(2)26-27)22(28)25-12-3-13-29-19-10-8-18(24)9-11-19/h4-11H,3,12-14H2,1-2H3,(H,25,28). The molecule has 0 bridgehead atoms. The van der Waals surface area contributed by atoms with Crippen molar-refractivity contribution in [1.29, 1.82) is 0 Å². The lowest BCUT2D eigenvalue weighted by Gasteiger charge is -2.08. The molecule has 7 heteroatoms. The maximum absolute atomic E-state index is 12.9. The van der Waals surface area contributed by atoms with Crippen molar-refractivity contribution in [2.75, 3.05) is 13.2 Å². The summed E-state index contributed by atoms with van der Waals surface area (Å²) >= 11 is 6.42. The number of carbonyl (C=O) groups is 1. The number of nitrogens with zero attached hydrogens (tertiary/aromatic N) is 2. The zero-order chi connectivity index (χ0) is 20.8. The summed E-state index contributed by atoms with van der Waals surface area (Å²) < 4.78 is 20.0. The first kappa shape index (κ1) is 20.9. The number of benzene rings is 2. The van der Waals surface area contributed by atoms with Crippen molar-refractivity contribution in [2.24, 2.45) is 0 Å². The van der Waals surface area contributed by atoms with E-state index in [0.29, 0.717) is 48.3 Å². The Bertz CT molecular complexity index is 969. The third kappa shape index (κ3) is 5.57. The van der Waals surface area contributed by atoms with Gasteiger partial charge in [0.15, 0.2) is 0 Å². The summed E-state index contributed by atoms with van der Waals surface area (Å²) in [5, 5.41) is 7.57. The number of ether oxygens (including phenoxy) is 1. The Balaban J connectivity index is 1.51. The van der Waals surface area contributed by atoms with E-state index in [0.717, 1.165) is 5.56 Å². The first-order chi connectivity index (χ1) is 13.9. The van der Waals surface area contributed by atoms with Crippen LogP contribution in [0.25, 0.3) is 0 Å². The molecule has 0 fully saturated rings. The summed E-state index contributed by atoms with van der Waals surface area (Å²) in [6.07, 6.45) is 0.608. The zero-order valence-corrected chi connectivity index (χ0v) is 17.2. The number of hydrogen-bond acceptors (Lipinski definition) is 3. The molecule has 1 heterocycles. The summed E-state index contributed by atoms with van der Waals surface area (Å²) in [6, 6.07) is 13.9. The van der Waals surface area contributed by atoms with Crippen LogP contribution in [0.5, 0.6) is 5.75 Å². The predicted octanol–water partition coefficient (Wildman–Crippen LogP) is 4.54. The lowest BCUT2D eigenvalue weighted by molar-refractivity contribution is 0.0951. The molecule has 0 aliphatic heterocycles. The van der Waals surface area contributed by atoms with Crippen molar-refractivity contribution in [3.8, 4) is 5.75 Å². The van der Waals surface area contributed by atoms with Gasteiger partial charge in [0, 0.05) is 6.54 Å². The van der Waals surface area contributed by atoms with Crippen molar-refractivity contribution in [3.05, 3.63) is 81.9 Å². The minimum Gasteiger partial charge on any atom is -0.494 e. The van der Waals surface area contributed by atoms with Crippen LogP contribution in [0.15, 0.2) is 48.5 Å². The number of rotatable bonds is 8. The summed E-state index contributed by atoms with van der Waals surface area (Å²) in [4.78, 5) is 12.5. The fraction of sp³-hybridized carbons (Fsp3) is 0.273. The van der Waals surface area contributed by atoms with Crippen molar-refractivity contribution in [2.45, 2.75) is 26.8 Å². The summed E-state index contributed by atoms with van der Waals surface area (Å²) in [5.74, 6) is 0.0261. The number of carbonyl (C=O) groups excluding carboxylic acids is 1. The second-order valence-electron chi connectivity index (χ2n) is 6.81. The van der Waals surface area contributed by atoms with Crippen LogP contribution >= 0.6 is 11.6 Å². The average molecular weight is 416 g/mol. The average Bonchev–Trinajstić information content (AvgIpc) is 2.98. The highest BCUT2D eigenvalue weighted by Gasteiger charge is 2.20. The normalized spacial score (nSPS) is 10.8. The molecule has 1 N–H and O–H groups in total. The molecule has 1 amide bonds. The molecular formula is C22H23ClFN3O2. The molecular weight excluding hydrogens is 393 g/mol. The quantitative estimate of drug-likeness (QED) is 0.549. The van der Waals surface area contributed by atoms with Crippen LogP contribution in [0.4, 0.5) is 4.39 Å². The van der Waals surface area contributed by atoms with Gasteiger partial charge >= 0.3 is 0 Å². The van der Waals surface area contributed by atoms with Gasteiger partial charge in [-0.3, -0.25) is 4.79 Å². The van der Waals surface area contributed by atoms with E-state index < -0.39 is 0 Å². The maximum Gasteiger partial charge on any atom is 0.256 e. The van der Waals surface area contributed by atoms with E-state index in [4.69, 9.17) is 16.3 Å². The lowest BCUT2D eigenvalue weighted by Crippen LogP contribution is -2.26. The topological polar surface area (TPSA) is 56.2 Å². The smallest absolute Gasteiger partial charge is 0.256 e. The Hall–Kier alpha value is -2.86. The van der Waals surface area contributed by atoms with E-state index >= 15 is 0 Å². The van der Waals surface area contributed by atoms with E-state index in [2.05, 4.69) is 10.4 Å². The Labute approximate surface area is 174 Å². The highest BCUT2D eigenvalue weighted by atomic mass is 35.5. The minimum atomic E-state index is -0.306. The largest absolute Gasteiger partial charge is 0.494 e. The second kappa shape index (κ2) is 9.56. The molecule has 29 heavy (non-hydrogen) atoms. The fourth-order valence-corrected chi connectivity index (χ4v) is 3.19. The Morgan fingerprint density at radius 2 is 1.83 bits per heavy atom. The highest BCUT2D eigenvalue weighted by Crippen LogP contribution is 2.21. The third-order valence-electron chi connectivity index (χ3n) is 4.43. The van der Waals surface area contributed by atoms with E-state index in [9.17, 15) is 9.18 Å². The van der Waals surface area contributed by atoms with Gasteiger partial charge in [-0.15, -0.1) is 0 Å². The van der Waals surface area contributed by atoms with Crippen LogP contribution in [0.1, 0.15) is 33.6 Å². The molecule has 0 atom stereocenters. The summed E-state index contributed by atoms with van der Waals surface area (Å²) in [5.41, 5.74) is 3.21. The Kier molecular flexibility index (Phi) is 6.88. The number of aryl methyl sites for hydroxylation is 2. The lowest BCUT2D eigenvalue weighted by atomic mass is 10.1. The van der Waals surface area contributed by atoms with Crippen molar-refractivity contribution >= 4 is 17.5 Å². The Morgan fingerprint density at radius 1 is 1.14 bits per heavy atom. The van der Waals surface area contributed by atoms with Crippen LogP contribution in [0.2, 0.25) is 5.15 Å². The molecule has 0 unspecified atom stereocenters. The zero-order valence-electron chi connectivity index (χ0n) is 16.4. The molecule has 3 aromatic rings. The number of amides is 1. The molecule has 5 nitrogen and oxygen atoms in total. The number of halogens is 2. The fourth-order valence-electron chi connectivity index (χ4n) is 2.87. The van der Waals surface area contributed by atoms with Gasteiger partial charge in [0.05, 0.1) is 24.4 Å². The van der Waals surface area contributed by atoms with Gasteiger partial charge in [-0.05, 0) is 50.1 Å². The van der Waals surface area contributed by atoms with Gasteiger partial charge in [-0.2, -0.15) is 5.10 Å². The molecule has 0 aliphatic carbocycles.